The largest absolute Gasteiger partial charge is 0.326 e. The van der Waals surface area contributed by atoms with Crippen molar-refractivity contribution in [2.75, 3.05) is 16.8 Å². The first-order valence-corrected chi connectivity index (χ1v) is 7.94. The van der Waals surface area contributed by atoms with Crippen LogP contribution in [0.2, 0.25) is 0 Å². The van der Waals surface area contributed by atoms with Gasteiger partial charge in [0.1, 0.15) is 5.82 Å². The SMILES string of the molecule is O=C(Nc1ccc(Br)cc1)[C@H]1CC(=O)N(c2ccc(F)cc2)C1. The highest BCUT2D eigenvalue weighted by Crippen LogP contribution is 2.26. The number of anilines is 2. The Morgan fingerprint density at radius 2 is 1.78 bits per heavy atom. The van der Waals surface area contributed by atoms with Gasteiger partial charge in [-0.1, -0.05) is 15.9 Å². The molecule has 0 saturated carbocycles. The summed E-state index contributed by atoms with van der Waals surface area (Å²) in [6.07, 6.45) is 0.153. The molecule has 1 aliphatic heterocycles. The summed E-state index contributed by atoms with van der Waals surface area (Å²) in [6.45, 7) is 0.298. The molecule has 1 heterocycles. The van der Waals surface area contributed by atoms with Crippen molar-refractivity contribution in [3.05, 3.63) is 58.8 Å². The molecule has 6 heteroatoms. The van der Waals surface area contributed by atoms with Crippen molar-refractivity contribution in [2.24, 2.45) is 5.92 Å². The third-order valence-electron chi connectivity index (χ3n) is 3.75. The van der Waals surface area contributed by atoms with Crippen LogP contribution in [0, 0.1) is 11.7 Å². The minimum absolute atomic E-state index is 0.132. The molecule has 0 spiro atoms. The lowest BCUT2D eigenvalue weighted by Crippen LogP contribution is -2.28. The molecule has 4 nitrogen and oxygen atoms in total. The average Bonchev–Trinajstić information content (AvgIpc) is 2.92. The minimum Gasteiger partial charge on any atom is -0.326 e. The van der Waals surface area contributed by atoms with E-state index < -0.39 is 5.92 Å². The van der Waals surface area contributed by atoms with Gasteiger partial charge in [-0.2, -0.15) is 0 Å². The Morgan fingerprint density at radius 1 is 1.13 bits per heavy atom. The predicted molar refractivity (Wildman–Crippen MR) is 89.6 cm³/mol. The second-order valence-electron chi connectivity index (χ2n) is 5.38. The van der Waals surface area contributed by atoms with Crippen molar-refractivity contribution >= 4 is 39.1 Å². The van der Waals surface area contributed by atoms with Crippen LogP contribution in [0.4, 0.5) is 15.8 Å². The van der Waals surface area contributed by atoms with Gasteiger partial charge in [-0.05, 0) is 48.5 Å². The van der Waals surface area contributed by atoms with Gasteiger partial charge in [0.15, 0.2) is 0 Å². The molecule has 0 aromatic heterocycles. The summed E-state index contributed by atoms with van der Waals surface area (Å²) in [7, 11) is 0. The fraction of sp³-hybridized carbons (Fsp3) is 0.176. The molecular weight excluding hydrogens is 363 g/mol. The van der Waals surface area contributed by atoms with Crippen LogP contribution in [0.25, 0.3) is 0 Å². The number of carbonyl (C=O) groups excluding carboxylic acids is 2. The standard InChI is InChI=1S/C17H14BrFN2O2/c18-12-1-5-14(6-2-12)20-17(23)11-9-16(22)21(10-11)15-7-3-13(19)4-8-15/h1-8,11H,9-10H2,(H,20,23)/t11-/m0/s1. The van der Waals surface area contributed by atoms with Crippen LogP contribution in [-0.2, 0) is 9.59 Å². The lowest BCUT2D eigenvalue weighted by Gasteiger charge is -2.16. The number of halogens is 2. The highest BCUT2D eigenvalue weighted by Gasteiger charge is 2.35. The van der Waals surface area contributed by atoms with Crippen LogP contribution in [0.1, 0.15) is 6.42 Å². The number of benzene rings is 2. The lowest BCUT2D eigenvalue weighted by molar-refractivity contribution is -0.122. The van der Waals surface area contributed by atoms with E-state index in [-0.39, 0.29) is 24.1 Å². The third-order valence-corrected chi connectivity index (χ3v) is 4.27. The maximum atomic E-state index is 13.0. The molecule has 2 aromatic rings. The van der Waals surface area contributed by atoms with E-state index in [9.17, 15) is 14.0 Å². The summed E-state index contributed by atoms with van der Waals surface area (Å²) in [5.74, 6) is -1.10. The van der Waals surface area contributed by atoms with E-state index in [1.165, 1.54) is 17.0 Å². The van der Waals surface area contributed by atoms with Gasteiger partial charge in [0.2, 0.25) is 11.8 Å². The summed E-state index contributed by atoms with van der Waals surface area (Å²) < 4.78 is 13.9. The molecular formula is C17H14BrFN2O2. The molecule has 1 aliphatic rings. The summed E-state index contributed by atoms with van der Waals surface area (Å²) in [6, 6.07) is 12.9. The second kappa shape index (κ2) is 6.50. The van der Waals surface area contributed by atoms with E-state index in [4.69, 9.17) is 0 Å². The quantitative estimate of drug-likeness (QED) is 0.889. The van der Waals surface area contributed by atoms with Gasteiger partial charge in [-0.15, -0.1) is 0 Å². The second-order valence-corrected chi connectivity index (χ2v) is 6.29. The lowest BCUT2D eigenvalue weighted by atomic mass is 10.1. The number of nitrogens with one attached hydrogen (secondary N) is 1. The molecule has 1 N–H and O–H groups in total. The Morgan fingerprint density at radius 3 is 2.43 bits per heavy atom. The number of carbonyl (C=O) groups is 2. The zero-order chi connectivity index (χ0) is 16.4. The topological polar surface area (TPSA) is 49.4 Å². The first-order valence-electron chi connectivity index (χ1n) is 7.15. The Labute approximate surface area is 141 Å². The predicted octanol–water partition coefficient (Wildman–Crippen LogP) is 3.58. The number of nitrogens with zero attached hydrogens (tertiary/aromatic N) is 1. The molecule has 2 amide bonds. The normalized spacial score (nSPS) is 17.4. The van der Waals surface area contributed by atoms with Gasteiger partial charge < -0.3 is 10.2 Å². The Bertz CT molecular complexity index is 731. The summed E-state index contributed by atoms with van der Waals surface area (Å²) >= 11 is 3.33. The smallest absolute Gasteiger partial charge is 0.229 e. The van der Waals surface area contributed by atoms with Crippen LogP contribution in [-0.4, -0.2) is 18.4 Å². The molecule has 2 aromatic carbocycles. The molecule has 118 valence electrons. The average molecular weight is 377 g/mol. The number of amides is 2. The van der Waals surface area contributed by atoms with E-state index in [1.54, 1.807) is 24.3 Å². The number of hydrogen-bond acceptors (Lipinski definition) is 2. The van der Waals surface area contributed by atoms with Gasteiger partial charge >= 0.3 is 0 Å². The summed E-state index contributed by atoms with van der Waals surface area (Å²) in [5, 5.41) is 2.81. The van der Waals surface area contributed by atoms with Crippen molar-refractivity contribution in [3.63, 3.8) is 0 Å². The monoisotopic (exact) mass is 376 g/mol. The van der Waals surface area contributed by atoms with Crippen LogP contribution in [0.15, 0.2) is 53.0 Å². The van der Waals surface area contributed by atoms with Crippen molar-refractivity contribution in [2.45, 2.75) is 6.42 Å². The zero-order valence-corrected chi connectivity index (χ0v) is 13.7. The van der Waals surface area contributed by atoms with Crippen molar-refractivity contribution in [1.82, 2.24) is 0 Å². The Balaban J connectivity index is 1.68. The van der Waals surface area contributed by atoms with Crippen molar-refractivity contribution in [3.8, 4) is 0 Å². The Hall–Kier alpha value is -2.21. The highest BCUT2D eigenvalue weighted by atomic mass is 79.9. The van der Waals surface area contributed by atoms with E-state index in [0.717, 1.165) is 4.47 Å². The summed E-state index contributed by atoms with van der Waals surface area (Å²) in [4.78, 5) is 26.0. The molecule has 0 aliphatic carbocycles. The van der Waals surface area contributed by atoms with E-state index in [2.05, 4.69) is 21.2 Å². The van der Waals surface area contributed by atoms with Gasteiger partial charge in [-0.3, -0.25) is 9.59 Å². The molecule has 1 saturated heterocycles. The third kappa shape index (κ3) is 3.59. The Kier molecular flexibility index (Phi) is 4.43. The first-order chi connectivity index (χ1) is 11.0. The fourth-order valence-electron chi connectivity index (χ4n) is 2.53. The minimum atomic E-state index is -0.420. The van der Waals surface area contributed by atoms with E-state index >= 15 is 0 Å². The van der Waals surface area contributed by atoms with Gasteiger partial charge in [-0.25, -0.2) is 4.39 Å². The van der Waals surface area contributed by atoms with Crippen molar-refractivity contribution < 1.29 is 14.0 Å². The number of hydrogen-bond donors (Lipinski definition) is 1. The zero-order valence-electron chi connectivity index (χ0n) is 12.1. The van der Waals surface area contributed by atoms with E-state index in [1.807, 2.05) is 12.1 Å². The molecule has 0 radical (unpaired) electrons. The maximum absolute atomic E-state index is 13.0. The molecule has 3 rings (SSSR count). The number of rotatable bonds is 3. The van der Waals surface area contributed by atoms with Gasteiger partial charge in [0.05, 0.1) is 5.92 Å². The van der Waals surface area contributed by atoms with Crippen LogP contribution in [0.3, 0.4) is 0 Å². The van der Waals surface area contributed by atoms with E-state index in [0.29, 0.717) is 17.9 Å². The molecule has 1 fully saturated rings. The maximum Gasteiger partial charge on any atom is 0.229 e. The van der Waals surface area contributed by atoms with Crippen LogP contribution >= 0.6 is 15.9 Å². The van der Waals surface area contributed by atoms with Gasteiger partial charge in [0, 0.05) is 28.8 Å². The van der Waals surface area contributed by atoms with Crippen molar-refractivity contribution in [1.29, 1.82) is 0 Å². The molecule has 1 atom stereocenters. The van der Waals surface area contributed by atoms with Gasteiger partial charge in [0.25, 0.3) is 0 Å². The molecule has 0 unspecified atom stereocenters. The highest BCUT2D eigenvalue weighted by molar-refractivity contribution is 9.10. The first kappa shape index (κ1) is 15.7. The fourth-order valence-corrected chi connectivity index (χ4v) is 2.80. The molecule has 23 heavy (non-hydrogen) atoms. The van der Waals surface area contributed by atoms with Crippen LogP contribution in [0.5, 0.6) is 0 Å². The summed E-state index contributed by atoms with van der Waals surface area (Å²) in [5.41, 5.74) is 1.29. The molecule has 0 bridgehead atoms. The van der Waals surface area contributed by atoms with Crippen LogP contribution < -0.4 is 10.2 Å².